The summed E-state index contributed by atoms with van der Waals surface area (Å²) < 4.78 is 29.0. The van der Waals surface area contributed by atoms with Crippen LogP contribution in [0.15, 0.2) is 57.8 Å². The first-order valence-corrected chi connectivity index (χ1v) is 12.3. The molecular formula is C28H25BrN2O8. The number of ether oxygens (including phenoxy) is 5. The number of hydrogen-bond donors (Lipinski definition) is 1. The van der Waals surface area contributed by atoms with E-state index in [1.165, 1.54) is 40.1 Å². The Balaban J connectivity index is 2.28. The zero-order chi connectivity index (χ0) is 28.3. The summed E-state index contributed by atoms with van der Waals surface area (Å²) in [4.78, 5) is 38.7. The molecule has 10 nitrogen and oxygen atoms in total. The Morgan fingerprint density at radius 1 is 0.872 bits per heavy atom. The molecule has 0 aliphatic heterocycles. The minimum atomic E-state index is -0.765. The highest BCUT2D eigenvalue weighted by molar-refractivity contribution is 9.10. The smallest absolute Gasteiger partial charge is 0.355 e. The average Bonchev–Trinajstić information content (AvgIpc) is 2.95. The number of aromatic nitrogens is 1. The number of pyridine rings is 1. The van der Waals surface area contributed by atoms with Crippen LogP contribution in [0, 0.1) is 0 Å². The van der Waals surface area contributed by atoms with E-state index in [1.54, 1.807) is 48.5 Å². The molecule has 39 heavy (non-hydrogen) atoms. The predicted molar refractivity (Wildman–Crippen MR) is 150 cm³/mol. The molecule has 1 N–H and O–H groups in total. The van der Waals surface area contributed by atoms with Gasteiger partial charge in [0.15, 0.2) is 23.0 Å². The summed E-state index contributed by atoms with van der Waals surface area (Å²) in [5.41, 5.74) is 1.07. The third-order valence-corrected chi connectivity index (χ3v) is 6.71. The molecule has 0 atom stereocenters. The zero-order valence-corrected chi connectivity index (χ0v) is 23.4. The number of fused-ring (bicyclic) bond motifs is 1. The van der Waals surface area contributed by atoms with Gasteiger partial charge in [0, 0.05) is 16.6 Å². The van der Waals surface area contributed by atoms with Gasteiger partial charge in [-0.3, -0.25) is 14.2 Å². The van der Waals surface area contributed by atoms with Crippen molar-refractivity contribution in [3.63, 3.8) is 0 Å². The monoisotopic (exact) mass is 596 g/mol. The fraction of sp³-hybridized carbons (Fsp3) is 0.179. The second-order valence-electron chi connectivity index (χ2n) is 8.11. The van der Waals surface area contributed by atoms with Crippen LogP contribution in [0.2, 0.25) is 0 Å². The molecule has 0 unspecified atom stereocenters. The van der Waals surface area contributed by atoms with Gasteiger partial charge in [0.05, 0.1) is 51.1 Å². The number of hydrogen-bond acceptors (Lipinski definition) is 8. The fourth-order valence-electron chi connectivity index (χ4n) is 4.42. The number of anilines is 1. The Morgan fingerprint density at radius 3 is 2.13 bits per heavy atom. The molecule has 4 aromatic rings. The molecule has 0 aliphatic rings. The molecule has 0 saturated carbocycles. The van der Waals surface area contributed by atoms with Crippen LogP contribution in [0.4, 0.5) is 5.69 Å². The SMILES string of the molecule is COC(=O)c1c(-c2cc(Br)c(OC)c(OC)c2)c2cc(OC)c(OC)cc2c(=O)n1-c1cccc(NC=O)c1. The van der Waals surface area contributed by atoms with E-state index in [0.717, 1.165) is 0 Å². The zero-order valence-electron chi connectivity index (χ0n) is 21.8. The number of carbonyl (C=O) groups is 2. The normalized spacial score (nSPS) is 10.6. The van der Waals surface area contributed by atoms with Crippen molar-refractivity contribution in [3.05, 3.63) is 69.1 Å². The van der Waals surface area contributed by atoms with Gasteiger partial charge in [-0.25, -0.2) is 4.79 Å². The topological polar surface area (TPSA) is 114 Å². The van der Waals surface area contributed by atoms with Crippen molar-refractivity contribution in [3.8, 4) is 39.8 Å². The number of carbonyl (C=O) groups excluding carboxylic acids is 2. The van der Waals surface area contributed by atoms with Crippen molar-refractivity contribution in [1.82, 2.24) is 4.57 Å². The number of nitrogens with zero attached hydrogens (tertiary/aromatic N) is 1. The van der Waals surface area contributed by atoms with E-state index in [4.69, 9.17) is 23.7 Å². The van der Waals surface area contributed by atoms with Gasteiger partial charge >= 0.3 is 5.97 Å². The molecule has 4 rings (SSSR count). The van der Waals surface area contributed by atoms with Crippen molar-refractivity contribution in [1.29, 1.82) is 0 Å². The average molecular weight is 597 g/mol. The first-order valence-electron chi connectivity index (χ1n) is 11.5. The van der Waals surface area contributed by atoms with Gasteiger partial charge in [0.2, 0.25) is 6.41 Å². The molecule has 0 radical (unpaired) electrons. The molecule has 11 heteroatoms. The van der Waals surface area contributed by atoms with Crippen molar-refractivity contribution >= 4 is 44.8 Å². The molecule has 3 aromatic carbocycles. The number of amides is 1. The van der Waals surface area contributed by atoms with Crippen molar-refractivity contribution in [2.75, 3.05) is 40.9 Å². The van der Waals surface area contributed by atoms with Crippen LogP contribution in [0.1, 0.15) is 10.5 Å². The summed E-state index contributed by atoms with van der Waals surface area (Å²) in [7, 11) is 7.17. The highest BCUT2D eigenvalue weighted by atomic mass is 79.9. The van der Waals surface area contributed by atoms with E-state index in [2.05, 4.69) is 21.2 Å². The standard InChI is InChI=1S/C28H25BrN2O8/c1-35-21-12-18-19(13-22(21)36-2)27(33)31(17-8-6-7-16(11-17)30-14-32)25(28(34)39-5)24(18)15-9-20(29)26(38-4)23(10-15)37-3/h6-14H,1-5H3,(H,30,32). The molecule has 0 aliphatic carbocycles. The van der Waals surface area contributed by atoms with Crippen LogP contribution in [-0.4, -0.2) is 52.5 Å². The van der Waals surface area contributed by atoms with Gasteiger partial charge in [-0.2, -0.15) is 0 Å². The maximum absolute atomic E-state index is 14.1. The number of halogens is 1. The van der Waals surface area contributed by atoms with Crippen LogP contribution >= 0.6 is 15.9 Å². The maximum Gasteiger partial charge on any atom is 0.355 e. The summed E-state index contributed by atoms with van der Waals surface area (Å²) in [6.07, 6.45) is 0.521. The Hall–Kier alpha value is -4.51. The maximum atomic E-state index is 14.1. The molecule has 0 fully saturated rings. The minimum absolute atomic E-state index is 0.0513. The quantitative estimate of drug-likeness (QED) is 0.216. The van der Waals surface area contributed by atoms with E-state index in [9.17, 15) is 14.4 Å². The molecule has 1 heterocycles. The highest BCUT2D eigenvalue weighted by Gasteiger charge is 2.28. The van der Waals surface area contributed by atoms with E-state index in [1.807, 2.05) is 0 Å². The van der Waals surface area contributed by atoms with Crippen molar-refractivity contribution in [2.45, 2.75) is 0 Å². The van der Waals surface area contributed by atoms with Crippen LogP contribution in [-0.2, 0) is 9.53 Å². The largest absolute Gasteiger partial charge is 0.493 e. The van der Waals surface area contributed by atoms with Crippen molar-refractivity contribution < 1.29 is 33.3 Å². The first kappa shape index (κ1) is 27.5. The van der Waals surface area contributed by atoms with E-state index >= 15 is 0 Å². The van der Waals surface area contributed by atoms with Gasteiger partial charge in [0.1, 0.15) is 5.69 Å². The summed E-state index contributed by atoms with van der Waals surface area (Å²) in [6.45, 7) is 0. The molecular weight excluding hydrogens is 572 g/mol. The van der Waals surface area contributed by atoms with E-state index in [0.29, 0.717) is 61.8 Å². The van der Waals surface area contributed by atoms with E-state index < -0.39 is 11.5 Å². The second kappa shape index (κ2) is 11.5. The lowest BCUT2D eigenvalue weighted by atomic mass is 9.95. The number of methoxy groups -OCH3 is 5. The Kier molecular flexibility index (Phi) is 8.10. The fourth-order valence-corrected chi connectivity index (χ4v) is 5.02. The third-order valence-electron chi connectivity index (χ3n) is 6.12. The second-order valence-corrected chi connectivity index (χ2v) is 8.97. The lowest BCUT2D eigenvalue weighted by Gasteiger charge is -2.21. The highest BCUT2D eigenvalue weighted by Crippen LogP contribution is 2.44. The molecule has 0 spiro atoms. The Morgan fingerprint density at radius 2 is 1.54 bits per heavy atom. The summed E-state index contributed by atoms with van der Waals surface area (Å²) in [6, 6.07) is 13.2. The molecule has 0 saturated heterocycles. The molecule has 1 amide bonds. The van der Waals surface area contributed by atoms with Gasteiger partial charge in [0.25, 0.3) is 5.56 Å². The van der Waals surface area contributed by atoms with Gasteiger partial charge < -0.3 is 29.0 Å². The van der Waals surface area contributed by atoms with Crippen LogP contribution < -0.4 is 29.8 Å². The molecule has 1 aromatic heterocycles. The van der Waals surface area contributed by atoms with Crippen LogP contribution in [0.25, 0.3) is 27.6 Å². The predicted octanol–water partition coefficient (Wildman–Crippen LogP) is 4.81. The Bertz CT molecular complexity index is 1650. The number of benzene rings is 3. The number of esters is 1. The first-order chi connectivity index (χ1) is 18.8. The molecule has 0 bridgehead atoms. The van der Waals surface area contributed by atoms with Crippen LogP contribution in [0.3, 0.4) is 0 Å². The van der Waals surface area contributed by atoms with Gasteiger partial charge in [-0.05, 0) is 64.0 Å². The molecule has 202 valence electrons. The van der Waals surface area contributed by atoms with Gasteiger partial charge in [-0.15, -0.1) is 0 Å². The minimum Gasteiger partial charge on any atom is -0.493 e. The number of rotatable bonds is 9. The third kappa shape index (κ3) is 4.88. The summed E-state index contributed by atoms with van der Waals surface area (Å²) in [5.74, 6) is 0.760. The van der Waals surface area contributed by atoms with E-state index in [-0.39, 0.29) is 11.1 Å². The summed E-state index contributed by atoms with van der Waals surface area (Å²) >= 11 is 3.52. The summed E-state index contributed by atoms with van der Waals surface area (Å²) in [5, 5.41) is 3.22. The lowest BCUT2D eigenvalue weighted by molar-refractivity contribution is -0.105. The Labute approximate surface area is 232 Å². The van der Waals surface area contributed by atoms with Crippen LogP contribution in [0.5, 0.6) is 23.0 Å². The lowest BCUT2D eigenvalue weighted by Crippen LogP contribution is -2.27. The number of nitrogens with one attached hydrogen (secondary N) is 1. The van der Waals surface area contributed by atoms with Crippen molar-refractivity contribution in [2.24, 2.45) is 0 Å². The van der Waals surface area contributed by atoms with Gasteiger partial charge in [-0.1, -0.05) is 6.07 Å².